The Morgan fingerprint density at radius 3 is 2.77 bits per heavy atom. The van der Waals surface area contributed by atoms with Crippen molar-refractivity contribution in [1.82, 2.24) is 9.88 Å². The number of aromatic nitrogens is 1. The van der Waals surface area contributed by atoms with Gasteiger partial charge in [0.1, 0.15) is 17.7 Å². The summed E-state index contributed by atoms with van der Waals surface area (Å²) in [5, 5.41) is 12.4. The average molecular weight is 641 g/mol. The van der Waals surface area contributed by atoms with Gasteiger partial charge in [-0.2, -0.15) is 5.26 Å². The molecule has 204 valence electrons. The summed E-state index contributed by atoms with van der Waals surface area (Å²) in [5.74, 6) is 0.131. The molecule has 2 aromatic rings. The quantitative estimate of drug-likeness (QED) is 0.192. The molecule has 1 aliphatic heterocycles. The number of rotatable bonds is 11. The van der Waals surface area contributed by atoms with Crippen LogP contribution in [0.4, 0.5) is 10.2 Å². The summed E-state index contributed by atoms with van der Waals surface area (Å²) in [6, 6.07) is 11.7. The first kappa shape index (κ1) is 30.2. The van der Waals surface area contributed by atoms with Crippen LogP contribution in [0.5, 0.6) is 0 Å². The number of anilines is 1. The van der Waals surface area contributed by atoms with Crippen LogP contribution in [0.1, 0.15) is 44.2 Å². The molecule has 1 amide bonds. The number of halogens is 2. The second kappa shape index (κ2) is 15.9. The lowest BCUT2D eigenvalue weighted by Gasteiger charge is -2.22. The predicted octanol–water partition coefficient (Wildman–Crippen LogP) is 5.77. The van der Waals surface area contributed by atoms with Crippen LogP contribution < -0.4 is 5.32 Å². The molecule has 0 spiro atoms. The Bertz CT molecular complexity index is 1280. The Kier molecular flexibility index (Phi) is 12.3. The molecule has 1 aromatic carbocycles. The topological polar surface area (TPSA) is 93.7 Å². The van der Waals surface area contributed by atoms with Crippen LogP contribution in [0.3, 0.4) is 0 Å². The molecule has 9 heteroatoms. The number of nitrogens with one attached hydrogen (secondary N) is 1. The van der Waals surface area contributed by atoms with Gasteiger partial charge in [0.05, 0.1) is 29.6 Å². The van der Waals surface area contributed by atoms with Gasteiger partial charge in [-0.1, -0.05) is 34.7 Å². The number of amides is 1. The number of carbonyl (C=O) groups is 1. The number of pyridine rings is 1. The molecule has 1 unspecified atom stereocenters. The minimum atomic E-state index is -0.289. The number of hydrogen-bond donors (Lipinski definition) is 1. The third-order valence-electron chi connectivity index (χ3n) is 6.14. The summed E-state index contributed by atoms with van der Waals surface area (Å²) in [6.45, 7) is 5.73. The van der Waals surface area contributed by atoms with Crippen molar-refractivity contribution < 1.29 is 9.18 Å². The minimum absolute atomic E-state index is 0.0890. The Morgan fingerprint density at radius 2 is 2.05 bits per heavy atom. The van der Waals surface area contributed by atoms with Crippen molar-refractivity contribution in [2.75, 3.05) is 35.9 Å². The Morgan fingerprint density at radius 1 is 1.26 bits per heavy atom. The van der Waals surface area contributed by atoms with Crippen LogP contribution in [-0.4, -0.2) is 63.9 Å². The summed E-state index contributed by atoms with van der Waals surface area (Å²) in [5.41, 5.74) is 3.51. The first-order valence-electron chi connectivity index (χ1n) is 13.2. The van der Waals surface area contributed by atoms with Gasteiger partial charge in [-0.05, 0) is 80.0 Å². The fourth-order valence-electron chi connectivity index (χ4n) is 4.18. The van der Waals surface area contributed by atoms with Crippen LogP contribution >= 0.6 is 22.6 Å². The predicted molar refractivity (Wildman–Crippen MR) is 164 cm³/mol. The summed E-state index contributed by atoms with van der Waals surface area (Å²) in [7, 11) is 0. The molecule has 1 aliphatic rings. The number of nitrogens with zero attached hydrogens (tertiary/aromatic N) is 5. The Hall–Kier alpha value is -3.39. The van der Waals surface area contributed by atoms with Crippen molar-refractivity contribution in [2.24, 2.45) is 9.98 Å². The van der Waals surface area contributed by atoms with Gasteiger partial charge in [0.25, 0.3) is 5.91 Å². The number of alkyl halides is 1. The van der Waals surface area contributed by atoms with Gasteiger partial charge in [0.2, 0.25) is 0 Å². The standard InChI is InChI=1S/C30H34FIN6O/c1-3-38(19-18-36-29-25(21-33)9-7-17-35-29)30(39)24-8-6-16-34-28(23-11-13-26(31)14-12-23)27(10-4-5-15-32)37-22(2)20-24/h6-9,11-14,17,20,22H,3-5,10,15-16,18-19H2,1-2H3,(H,35,36)/b8-6-,24-20+,34-28-,37-27-. The average Bonchev–Trinajstić information content (AvgIpc) is 2.95. The van der Waals surface area contributed by atoms with E-state index in [0.29, 0.717) is 43.1 Å². The molecule has 7 nitrogen and oxygen atoms in total. The lowest BCUT2D eigenvalue weighted by molar-refractivity contribution is -0.126. The van der Waals surface area contributed by atoms with Gasteiger partial charge in [0, 0.05) is 37.0 Å². The Balaban J connectivity index is 1.80. The third kappa shape index (κ3) is 9.10. The van der Waals surface area contributed by atoms with Gasteiger partial charge in [-0.15, -0.1) is 0 Å². The zero-order chi connectivity index (χ0) is 28.0. The number of carbonyl (C=O) groups excluding carboxylic acids is 1. The van der Waals surface area contributed by atoms with Crippen LogP contribution in [-0.2, 0) is 4.79 Å². The van der Waals surface area contributed by atoms with E-state index < -0.39 is 0 Å². The molecule has 1 N–H and O–H groups in total. The lowest BCUT2D eigenvalue weighted by atomic mass is 10.00. The highest BCUT2D eigenvalue weighted by Crippen LogP contribution is 2.16. The number of aliphatic imine (C=N–C) groups is 2. The van der Waals surface area contributed by atoms with Crippen LogP contribution in [0.25, 0.3) is 0 Å². The van der Waals surface area contributed by atoms with Crippen LogP contribution in [0.15, 0.2) is 76.4 Å². The molecule has 39 heavy (non-hydrogen) atoms. The summed E-state index contributed by atoms with van der Waals surface area (Å²) in [6.07, 6.45) is 10.0. The molecule has 0 fully saturated rings. The summed E-state index contributed by atoms with van der Waals surface area (Å²) >= 11 is 2.37. The monoisotopic (exact) mass is 640 g/mol. The third-order valence-corrected chi connectivity index (χ3v) is 6.90. The van der Waals surface area contributed by atoms with Gasteiger partial charge in [0.15, 0.2) is 0 Å². The molecule has 1 aromatic heterocycles. The highest BCUT2D eigenvalue weighted by atomic mass is 127. The van der Waals surface area contributed by atoms with Crippen LogP contribution in [0.2, 0.25) is 0 Å². The van der Waals surface area contributed by atoms with E-state index in [1.807, 2.05) is 32.1 Å². The largest absolute Gasteiger partial charge is 0.367 e. The summed E-state index contributed by atoms with van der Waals surface area (Å²) < 4.78 is 14.7. The molecule has 0 aliphatic carbocycles. The summed E-state index contributed by atoms with van der Waals surface area (Å²) in [4.78, 5) is 29.3. The van der Waals surface area contributed by atoms with Crippen molar-refractivity contribution in [3.63, 3.8) is 0 Å². The normalized spacial score (nSPS) is 20.3. The van der Waals surface area contributed by atoms with Crippen molar-refractivity contribution in [1.29, 1.82) is 5.26 Å². The lowest BCUT2D eigenvalue weighted by Crippen LogP contribution is -2.36. The van der Waals surface area contributed by atoms with E-state index in [1.165, 1.54) is 12.1 Å². The molecule has 0 bridgehead atoms. The number of nitriles is 1. The number of benzene rings is 1. The van der Waals surface area contributed by atoms with E-state index in [0.717, 1.165) is 40.7 Å². The molecule has 0 saturated carbocycles. The van der Waals surface area contributed by atoms with E-state index >= 15 is 0 Å². The van der Waals surface area contributed by atoms with E-state index in [-0.39, 0.29) is 17.8 Å². The zero-order valence-electron chi connectivity index (χ0n) is 22.4. The van der Waals surface area contributed by atoms with Crippen molar-refractivity contribution in [3.05, 3.63) is 83.3 Å². The van der Waals surface area contributed by atoms with E-state index in [2.05, 4.69) is 39.0 Å². The number of hydrogen-bond acceptors (Lipinski definition) is 6. The molecular weight excluding hydrogens is 606 g/mol. The second-order valence-corrected chi connectivity index (χ2v) is 10.1. The minimum Gasteiger partial charge on any atom is -0.367 e. The molecule has 2 heterocycles. The van der Waals surface area contributed by atoms with Crippen molar-refractivity contribution >= 4 is 45.7 Å². The maximum Gasteiger partial charge on any atom is 0.253 e. The second-order valence-electron chi connectivity index (χ2n) is 9.01. The van der Waals surface area contributed by atoms with Gasteiger partial charge in [-0.3, -0.25) is 14.8 Å². The number of likely N-dealkylation sites (N-methyl/N-ethyl adjacent to an activating group) is 1. The first-order chi connectivity index (χ1) is 19.0. The van der Waals surface area contributed by atoms with E-state index in [1.54, 1.807) is 35.4 Å². The SMILES string of the molecule is CCN(CCNc1ncccc1C#N)C(=O)C1=C/C(C)/N=C(CCCCI)\C(c2ccc(F)cc2)=N/C/C=C\1. The van der Waals surface area contributed by atoms with Gasteiger partial charge in [-0.25, -0.2) is 9.37 Å². The Labute approximate surface area is 243 Å². The highest BCUT2D eigenvalue weighted by molar-refractivity contribution is 14.1. The van der Waals surface area contributed by atoms with E-state index in [9.17, 15) is 14.4 Å². The van der Waals surface area contributed by atoms with Crippen molar-refractivity contribution in [3.8, 4) is 6.07 Å². The molecule has 1 atom stereocenters. The zero-order valence-corrected chi connectivity index (χ0v) is 24.6. The fourth-order valence-corrected chi connectivity index (χ4v) is 4.72. The fraction of sp³-hybridized carbons (Fsp3) is 0.367. The highest BCUT2D eigenvalue weighted by Gasteiger charge is 2.18. The van der Waals surface area contributed by atoms with E-state index in [4.69, 9.17) is 9.98 Å². The maximum absolute atomic E-state index is 13.6. The number of unbranched alkanes of at least 4 members (excludes halogenated alkanes) is 1. The smallest absolute Gasteiger partial charge is 0.253 e. The van der Waals surface area contributed by atoms with Crippen LogP contribution in [0, 0.1) is 17.1 Å². The molecule has 0 radical (unpaired) electrons. The molecular formula is C30H34FIN6O. The first-order valence-corrected chi connectivity index (χ1v) is 14.7. The van der Waals surface area contributed by atoms with Crippen molar-refractivity contribution in [2.45, 2.75) is 39.2 Å². The van der Waals surface area contributed by atoms with Gasteiger partial charge < -0.3 is 10.2 Å². The molecule has 0 saturated heterocycles. The van der Waals surface area contributed by atoms with Gasteiger partial charge >= 0.3 is 0 Å². The molecule has 3 rings (SSSR count). The maximum atomic E-state index is 13.6.